The van der Waals surface area contributed by atoms with Crippen molar-refractivity contribution in [3.8, 4) is 0 Å². The first kappa shape index (κ1) is 12.4. The molecule has 0 aromatic rings. The molecule has 0 aliphatic heterocycles. The third-order valence-corrected chi connectivity index (χ3v) is 2.03. The van der Waals surface area contributed by atoms with Gasteiger partial charge in [-0.1, -0.05) is 39.0 Å². The second kappa shape index (κ2) is 9.49. The Morgan fingerprint density at radius 3 is 2.46 bits per heavy atom. The van der Waals surface area contributed by atoms with Gasteiger partial charge in [-0.3, -0.25) is 10.1 Å². The lowest BCUT2D eigenvalue weighted by atomic mass is 10.1. The predicted molar refractivity (Wildman–Crippen MR) is 54.2 cm³/mol. The van der Waals surface area contributed by atoms with Crippen LogP contribution in [0, 0.1) is 16.5 Å². The van der Waals surface area contributed by atoms with Crippen molar-refractivity contribution in [3.63, 3.8) is 0 Å². The average Bonchev–Trinajstić information content (AvgIpc) is 2.09. The van der Waals surface area contributed by atoms with Crippen LogP contribution in [0.3, 0.4) is 0 Å². The molecule has 0 saturated heterocycles. The van der Waals surface area contributed by atoms with Gasteiger partial charge in [-0.15, -0.1) is 0 Å². The summed E-state index contributed by atoms with van der Waals surface area (Å²) in [5.74, 6) is 0. The fraction of sp³-hybridized carbons (Fsp3) is 0.900. The molecule has 0 aromatic carbocycles. The van der Waals surface area contributed by atoms with Crippen molar-refractivity contribution in [2.75, 3.05) is 6.54 Å². The molecule has 0 heterocycles. The summed E-state index contributed by atoms with van der Waals surface area (Å²) in [6, 6.07) is 0. The Morgan fingerprint density at radius 1 is 1.15 bits per heavy atom. The Kier molecular flexibility index (Phi) is 9.05. The second-order valence-electron chi connectivity index (χ2n) is 3.34. The maximum absolute atomic E-state index is 9.96. The van der Waals surface area contributed by atoms with Crippen molar-refractivity contribution < 1.29 is 4.92 Å². The Balaban J connectivity index is 2.87. The topological polar surface area (TPSA) is 43.1 Å². The number of hydrogen-bond acceptors (Lipinski definition) is 2. The van der Waals surface area contributed by atoms with Crippen LogP contribution in [0.1, 0.15) is 51.9 Å². The van der Waals surface area contributed by atoms with Crippen molar-refractivity contribution in [3.05, 3.63) is 16.5 Å². The Morgan fingerprint density at radius 2 is 1.85 bits per heavy atom. The summed E-state index contributed by atoms with van der Waals surface area (Å²) in [4.78, 5) is 9.70. The molecule has 0 atom stereocenters. The van der Waals surface area contributed by atoms with Gasteiger partial charge in [0, 0.05) is 11.3 Å². The van der Waals surface area contributed by atoms with Crippen molar-refractivity contribution in [1.82, 2.24) is 0 Å². The molecule has 3 nitrogen and oxygen atoms in total. The summed E-state index contributed by atoms with van der Waals surface area (Å²) in [6.45, 7) is 2.29. The van der Waals surface area contributed by atoms with Gasteiger partial charge in [0.25, 0.3) is 0 Å². The SMILES string of the molecule is CCCCCCC[CH]CC[N+](=O)[O-]. The van der Waals surface area contributed by atoms with E-state index >= 15 is 0 Å². The summed E-state index contributed by atoms with van der Waals surface area (Å²) in [7, 11) is 0. The quantitative estimate of drug-likeness (QED) is 0.315. The van der Waals surface area contributed by atoms with Gasteiger partial charge in [0.05, 0.1) is 0 Å². The molecule has 0 amide bonds. The van der Waals surface area contributed by atoms with E-state index in [1.807, 2.05) is 6.42 Å². The van der Waals surface area contributed by atoms with Crippen LogP contribution in [0.5, 0.6) is 0 Å². The molecule has 0 unspecified atom stereocenters. The normalized spacial score (nSPS) is 10.2. The van der Waals surface area contributed by atoms with Gasteiger partial charge in [0.2, 0.25) is 6.54 Å². The summed E-state index contributed by atoms with van der Waals surface area (Å²) in [5, 5.41) is 9.96. The van der Waals surface area contributed by atoms with E-state index in [1.54, 1.807) is 0 Å². The van der Waals surface area contributed by atoms with Crippen molar-refractivity contribution in [2.45, 2.75) is 51.9 Å². The lowest BCUT2D eigenvalue weighted by Gasteiger charge is -1.98. The Hall–Kier alpha value is -0.600. The average molecular weight is 186 g/mol. The molecule has 0 N–H and O–H groups in total. The lowest BCUT2D eigenvalue weighted by Crippen LogP contribution is -2.00. The molecule has 77 valence electrons. The fourth-order valence-corrected chi connectivity index (χ4v) is 1.23. The van der Waals surface area contributed by atoms with Crippen LogP contribution in [0.25, 0.3) is 0 Å². The summed E-state index contributed by atoms with van der Waals surface area (Å²) >= 11 is 0. The van der Waals surface area contributed by atoms with Crippen LogP contribution in [0.15, 0.2) is 0 Å². The monoisotopic (exact) mass is 186 g/mol. The zero-order valence-corrected chi connectivity index (χ0v) is 8.50. The van der Waals surface area contributed by atoms with Crippen LogP contribution in [0.2, 0.25) is 0 Å². The van der Waals surface area contributed by atoms with Crippen molar-refractivity contribution >= 4 is 0 Å². The first-order chi connectivity index (χ1) is 6.27. The molecule has 0 spiro atoms. The first-order valence-electron chi connectivity index (χ1n) is 5.20. The predicted octanol–water partition coefficient (Wildman–Crippen LogP) is 3.22. The van der Waals surface area contributed by atoms with Gasteiger partial charge < -0.3 is 0 Å². The summed E-state index contributed by atoms with van der Waals surface area (Å²) in [5.41, 5.74) is 0. The minimum Gasteiger partial charge on any atom is -0.265 e. The summed E-state index contributed by atoms with van der Waals surface area (Å²) < 4.78 is 0. The summed E-state index contributed by atoms with van der Waals surface area (Å²) in [6.07, 6.45) is 10.0. The van der Waals surface area contributed by atoms with Gasteiger partial charge in [-0.2, -0.15) is 0 Å². The van der Waals surface area contributed by atoms with Crippen LogP contribution in [-0.4, -0.2) is 11.5 Å². The molecule has 0 aromatic heterocycles. The Labute approximate surface area is 80.7 Å². The number of rotatable bonds is 9. The minimum absolute atomic E-state index is 0.0922. The first-order valence-corrected chi connectivity index (χ1v) is 5.20. The Bertz CT molecular complexity index is 126. The van der Waals surface area contributed by atoms with Crippen molar-refractivity contribution in [1.29, 1.82) is 0 Å². The molecule has 0 aliphatic rings. The van der Waals surface area contributed by atoms with Gasteiger partial charge in [0.1, 0.15) is 0 Å². The van der Waals surface area contributed by atoms with E-state index in [1.165, 1.54) is 32.1 Å². The smallest absolute Gasteiger partial charge is 0.204 e. The zero-order valence-electron chi connectivity index (χ0n) is 8.50. The van der Waals surface area contributed by atoms with Gasteiger partial charge in [0.15, 0.2) is 0 Å². The third kappa shape index (κ3) is 11.4. The third-order valence-electron chi connectivity index (χ3n) is 2.03. The molecule has 0 saturated carbocycles. The maximum atomic E-state index is 9.96. The number of nitro groups is 1. The molecule has 3 heteroatoms. The van der Waals surface area contributed by atoms with Crippen LogP contribution in [-0.2, 0) is 0 Å². The highest BCUT2D eigenvalue weighted by atomic mass is 16.6. The minimum atomic E-state index is -0.256. The largest absolute Gasteiger partial charge is 0.265 e. The van der Waals surface area contributed by atoms with Gasteiger partial charge in [-0.05, 0) is 12.8 Å². The molecule has 0 fully saturated rings. The van der Waals surface area contributed by atoms with E-state index in [0.29, 0.717) is 6.42 Å². The lowest BCUT2D eigenvalue weighted by molar-refractivity contribution is -0.479. The van der Waals surface area contributed by atoms with Crippen LogP contribution >= 0.6 is 0 Å². The fourth-order valence-electron chi connectivity index (χ4n) is 1.23. The van der Waals surface area contributed by atoms with Crippen LogP contribution < -0.4 is 0 Å². The van der Waals surface area contributed by atoms with Gasteiger partial charge >= 0.3 is 0 Å². The highest BCUT2D eigenvalue weighted by Crippen LogP contribution is 2.07. The van der Waals surface area contributed by atoms with E-state index in [2.05, 4.69) is 6.92 Å². The van der Waals surface area contributed by atoms with E-state index < -0.39 is 0 Å². The van der Waals surface area contributed by atoms with Gasteiger partial charge in [-0.25, -0.2) is 0 Å². The molecular formula is C10H20NO2. The van der Waals surface area contributed by atoms with E-state index in [0.717, 1.165) is 6.42 Å². The maximum Gasteiger partial charge on any atom is 0.204 e. The van der Waals surface area contributed by atoms with E-state index in [9.17, 15) is 10.1 Å². The number of unbranched alkanes of at least 4 members (excludes halogenated alkanes) is 7. The van der Waals surface area contributed by atoms with Crippen LogP contribution in [0.4, 0.5) is 0 Å². The highest BCUT2D eigenvalue weighted by molar-refractivity contribution is 4.63. The van der Waals surface area contributed by atoms with E-state index in [-0.39, 0.29) is 11.5 Å². The number of nitrogens with zero attached hydrogens (tertiary/aromatic N) is 1. The molecule has 13 heavy (non-hydrogen) atoms. The molecular weight excluding hydrogens is 166 g/mol. The highest BCUT2D eigenvalue weighted by Gasteiger charge is 1.96. The second-order valence-corrected chi connectivity index (χ2v) is 3.34. The molecule has 1 radical (unpaired) electrons. The van der Waals surface area contributed by atoms with E-state index in [4.69, 9.17) is 0 Å². The standard InChI is InChI=1S/C10H20NO2/c1-2-3-4-5-6-7-8-9-10-11(12)13/h8H,2-7,9-10H2,1H3. The van der Waals surface area contributed by atoms with Crippen molar-refractivity contribution in [2.24, 2.45) is 0 Å². The number of hydrogen-bond donors (Lipinski definition) is 0. The molecule has 0 rings (SSSR count). The zero-order chi connectivity index (χ0) is 9.94. The molecule has 0 aliphatic carbocycles. The molecule has 0 bridgehead atoms.